The molecule has 1 aromatic heterocycles. The molecule has 2 aliphatic carbocycles. The summed E-state index contributed by atoms with van der Waals surface area (Å²) in [7, 11) is 0. The predicted octanol–water partition coefficient (Wildman–Crippen LogP) is 18.7. The molecule has 70 heavy (non-hydrogen) atoms. The summed E-state index contributed by atoms with van der Waals surface area (Å²) in [6.07, 6.45) is 16.8. The quantitative estimate of drug-likeness (QED) is 0.121. The average molecular weight is 917 g/mol. The van der Waals surface area contributed by atoms with Gasteiger partial charge in [0, 0.05) is 45.7 Å². The predicted molar refractivity (Wildman–Crippen MR) is 298 cm³/mol. The van der Waals surface area contributed by atoms with Crippen molar-refractivity contribution >= 4 is 34.0 Å². The summed E-state index contributed by atoms with van der Waals surface area (Å²) in [6.45, 7) is 18.1. The maximum absolute atomic E-state index is 6.25. The van der Waals surface area contributed by atoms with E-state index in [0.717, 1.165) is 41.3 Å². The number of hydrogen-bond acceptors (Lipinski definition) is 2. The van der Waals surface area contributed by atoms with E-state index in [9.17, 15) is 0 Å². The molecule has 0 amide bonds. The third-order valence-corrected chi connectivity index (χ3v) is 14.3. The Kier molecular flexibility index (Phi) is 12.9. The Labute approximate surface area is 417 Å². The fourth-order valence-corrected chi connectivity index (χ4v) is 10.8. The summed E-state index contributed by atoms with van der Waals surface area (Å²) in [5.41, 5.74) is 17.3. The van der Waals surface area contributed by atoms with E-state index in [4.69, 9.17) is 4.74 Å². The van der Waals surface area contributed by atoms with Gasteiger partial charge in [-0.1, -0.05) is 162 Å². The highest BCUT2D eigenvalue weighted by Gasteiger charge is 2.28. The number of fused-ring (bicyclic) bond motifs is 3. The molecule has 0 aliphatic heterocycles. The van der Waals surface area contributed by atoms with Gasteiger partial charge < -0.3 is 14.2 Å². The molecule has 1 heterocycles. The van der Waals surface area contributed by atoms with Crippen LogP contribution in [0.1, 0.15) is 114 Å². The first-order valence-corrected chi connectivity index (χ1v) is 25.5. The fourth-order valence-electron chi connectivity index (χ4n) is 10.8. The molecule has 0 fully saturated rings. The first-order chi connectivity index (χ1) is 33.8. The number of aromatic nitrogens is 1. The number of ether oxygens (including phenoxy) is 1. The van der Waals surface area contributed by atoms with Gasteiger partial charge in [0.1, 0.15) is 11.4 Å². The molecule has 0 spiro atoms. The molecule has 3 atom stereocenters. The van der Waals surface area contributed by atoms with Crippen LogP contribution in [0.5, 0.6) is 5.75 Å². The van der Waals surface area contributed by atoms with Crippen LogP contribution in [-0.2, 0) is 6.42 Å². The molecular weight excluding hydrogens is 849 g/mol. The van der Waals surface area contributed by atoms with E-state index in [0.29, 0.717) is 17.8 Å². The zero-order valence-electron chi connectivity index (χ0n) is 42.4. The van der Waals surface area contributed by atoms with Crippen LogP contribution < -0.4 is 9.64 Å². The maximum atomic E-state index is 6.25. The van der Waals surface area contributed by atoms with Crippen molar-refractivity contribution in [1.82, 2.24) is 4.57 Å². The van der Waals surface area contributed by atoms with Crippen LogP contribution in [0.4, 0.5) is 17.1 Å². The highest BCUT2D eigenvalue weighted by molar-refractivity contribution is 5.94. The molecule has 3 heteroatoms. The molecule has 352 valence electrons. The monoisotopic (exact) mass is 917 g/mol. The van der Waals surface area contributed by atoms with E-state index >= 15 is 0 Å². The van der Waals surface area contributed by atoms with Crippen LogP contribution >= 0.6 is 0 Å². The van der Waals surface area contributed by atoms with Crippen molar-refractivity contribution in [3.8, 4) is 33.7 Å². The molecule has 7 aromatic carbocycles. The van der Waals surface area contributed by atoms with Gasteiger partial charge in [0.15, 0.2) is 0 Å². The second-order valence-electron chi connectivity index (χ2n) is 22.1. The Balaban J connectivity index is 0.994. The van der Waals surface area contributed by atoms with Crippen LogP contribution in [0, 0.1) is 11.3 Å². The molecule has 0 radical (unpaired) electrons. The van der Waals surface area contributed by atoms with Gasteiger partial charge in [-0.2, -0.15) is 0 Å². The largest absolute Gasteiger partial charge is 0.488 e. The molecule has 0 saturated heterocycles. The highest BCUT2D eigenvalue weighted by Crippen LogP contribution is 2.44. The molecule has 3 unspecified atom stereocenters. The second kappa shape index (κ2) is 19.4. The fraction of sp³-hybridized carbons (Fsp3) is 0.254. The molecule has 2 aliphatic rings. The number of nitrogens with zero attached hydrogens (tertiary/aromatic N) is 2. The summed E-state index contributed by atoms with van der Waals surface area (Å²) >= 11 is 0. The number of allylic oxidation sites excluding steroid dienone is 5. The second-order valence-corrected chi connectivity index (χ2v) is 22.1. The van der Waals surface area contributed by atoms with Gasteiger partial charge in [0.05, 0.1) is 5.52 Å². The first-order valence-electron chi connectivity index (χ1n) is 25.5. The first kappa shape index (κ1) is 46.6. The summed E-state index contributed by atoms with van der Waals surface area (Å²) in [5, 5.41) is 1.30. The van der Waals surface area contributed by atoms with Crippen LogP contribution in [0.15, 0.2) is 200 Å². The van der Waals surface area contributed by atoms with E-state index in [2.05, 4.69) is 271 Å². The lowest BCUT2D eigenvalue weighted by molar-refractivity contribution is 0.131. The zero-order chi connectivity index (χ0) is 48.6. The Hall–Kier alpha value is -7.10. The lowest BCUT2D eigenvalue weighted by Gasteiger charge is -2.32. The van der Waals surface area contributed by atoms with E-state index in [1.807, 2.05) is 0 Å². The van der Waals surface area contributed by atoms with E-state index in [1.165, 1.54) is 67.5 Å². The minimum Gasteiger partial charge on any atom is -0.488 e. The average Bonchev–Trinajstić information content (AvgIpc) is 3.69. The lowest BCUT2D eigenvalue weighted by atomic mass is 9.72. The van der Waals surface area contributed by atoms with Gasteiger partial charge in [-0.15, -0.1) is 0 Å². The Morgan fingerprint density at radius 2 is 1.16 bits per heavy atom. The zero-order valence-corrected chi connectivity index (χ0v) is 42.4. The van der Waals surface area contributed by atoms with Crippen molar-refractivity contribution in [3.05, 3.63) is 228 Å². The van der Waals surface area contributed by atoms with Gasteiger partial charge in [0.25, 0.3) is 0 Å². The van der Waals surface area contributed by atoms with Gasteiger partial charge in [0.2, 0.25) is 0 Å². The third-order valence-electron chi connectivity index (χ3n) is 14.3. The molecule has 3 nitrogen and oxygen atoms in total. The van der Waals surface area contributed by atoms with E-state index in [1.54, 1.807) is 0 Å². The van der Waals surface area contributed by atoms with Crippen molar-refractivity contribution in [2.45, 2.75) is 98.0 Å². The van der Waals surface area contributed by atoms with Crippen LogP contribution in [0.2, 0.25) is 0 Å². The summed E-state index contributed by atoms with van der Waals surface area (Å²) in [4.78, 5) is 2.39. The van der Waals surface area contributed by atoms with Crippen molar-refractivity contribution < 1.29 is 4.74 Å². The Morgan fingerprint density at radius 1 is 0.586 bits per heavy atom. The molecule has 8 aromatic rings. The normalized spacial score (nSPS) is 16.1. The lowest BCUT2D eigenvalue weighted by Crippen LogP contribution is -2.22. The number of hydrogen-bond donors (Lipinski definition) is 0. The minimum absolute atomic E-state index is 0.194. The highest BCUT2D eigenvalue weighted by atomic mass is 16.5. The Bertz CT molecular complexity index is 3150. The SMILES string of the molecule is CC(C)CC(c1ccc(-c2ccc3c(c2)c2c(n3-c3ccc(OC(C)(C)C)cc3)C=CC(c3ccc(N(c4ccc(-c5ccccc5)cc4)c4ccc(C5C=CC=CC5)cc4)cc3)C2)cc1)C(C)(C)C. The summed E-state index contributed by atoms with van der Waals surface area (Å²) in [6, 6.07) is 63.3. The van der Waals surface area contributed by atoms with E-state index < -0.39 is 0 Å². The number of benzene rings is 7. The van der Waals surface area contributed by atoms with Gasteiger partial charge in [-0.3, -0.25) is 0 Å². The minimum atomic E-state index is -0.268. The summed E-state index contributed by atoms with van der Waals surface area (Å²) < 4.78 is 8.70. The van der Waals surface area contributed by atoms with Gasteiger partial charge >= 0.3 is 0 Å². The molecule has 0 saturated carbocycles. The maximum Gasteiger partial charge on any atom is 0.120 e. The van der Waals surface area contributed by atoms with Crippen LogP contribution in [-0.4, -0.2) is 10.2 Å². The van der Waals surface area contributed by atoms with Crippen molar-refractivity contribution in [3.63, 3.8) is 0 Å². The van der Waals surface area contributed by atoms with Crippen LogP contribution in [0.25, 0.3) is 44.9 Å². The molecule has 10 rings (SSSR count). The Morgan fingerprint density at radius 3 is 1.74 bits per heavy atom. The van der Waals surface area contributed by atoms with Crippen molar-refractivity contribution in [2.75, 3.05) is 4.90 Å². The number of rotatable bonds is 12. The van der Waals surface area contributed by atoms with E-state index in [-0.39, 0.29) is 16.9 Å². The summed E-state index contributed by atoms with van der Waals surface area (Å²) in [5.74, 6) is 2.65. The van der Waals surface area contributed by atoms with Crippen molar-refractivity contribution in [1.29, 1.82) is 0 Å². The van der Waals surface area contributed by atoms with Gasteiger partial charge in [-0.25, -0.2) is 0 Å². The third kappa shape index (κ3) is 9.99. The van der Waals surface area contributed by atoms with Crippen molar-refractivity contribution in [2.24, 2.45) is 11.3 Å². The molecule has 0 bridgehead atoms. The van der Waals surface area contributed by atoms with Crippen LogP contribution in [0.3, 0.4) is 0 Å². The molecular formula is C67H68N2O. The smallest absolute Gasteiger partial charge is 0.120 e. The number of anilines is 3. The standard InChI is InChI=1S/C67H68N2O/c1-46(2)43-63(66(3,4)5)53-21-19-51(20-22-53)54-29-41-64-61(44-54)62-45-55(30-42-65(62)69(64)59-37-39-60(40-38-59)70-67(6,7)8)52-27-35-58(36-28-52)68(56-31-23-49(24-32-56)47-15-11-9-12-16-47)57-33-25-50(26-34-57)48-17-13-10-14-18-48/h9-17,19-42,44,46,48,55,63H,18,43,45H2,1-8H3. The molecule has 0 N–H and O–H groups in total. The topological polar surface area (TPSA) is 17.4 Å². The van der Waals surface area contributed by atoms with Gasteiger partial charge in [-0.05, 0) is 181 Å².